The second-order valence-electron chi connectivity index (χ2n) is 4.98. The van der Waals surface area contributed by atoms with Gasteiger partial charge in [-0.15, -0.1) is 0 Å². The van der Waals surface area contributed by atoms with Gasteiger partial charge in [0, 0.05) is 38.0 Å². The molecular formula is C14H22FN3OS. The van der Waals surface area contributed by atoms with Crippen LogP contribution in [0, 0.1) is 5.82 Å². The van der Waals surface area contributed by atoms with Crippen LogP contribution in [0.25, 0.3) is 0 Å². The zero-order chi connectivity index (χ0) is 14.4. The van der Waals surface area contributed by atoms with Crippen molar-refractivity contribution in [2.45, 2.75) is 6.42 Å². The maximum atomic E-state index is 14.1. The summed E-state index contributed by atoms with van der Waals surface area (Å²) >= 11 is 1.30. The van der Waals surface area contributed by atoms with Gasteiger partial charge in [0.15, 0.2) is 0 Å². The van der Waals surface area contributed by atoms with Crippen LogP contribution in [0.3, 0.4) is 0 Å². The molecule has 0 aliphatic carbocycles. The van der Waals surface area contributed by atoms with Gasteiger partial charge in [0.2, 0.25) is 0 Å². The van der Waals surface area contributed by atoms with Gasteiger partial charge in [-0.1, -0.05) is 11.9 Å². The molecule has 1 fully saturated rings. The number of nitrogens with zero attached hydrogens (tertiary/aromatic N) is 2. The van der Waals surface area contributed by atoms with Crippen LogP contribution in [0.15, 0.2) is 18.2 Å². The highest BCUT2D eigenvalue weighted by Gasteiger charge is 2.17. The molecule has 20 heavy (non-hydrogen) atoms. The second kappa shape index (κ2) is 7.71. The monoisotopic (exact) mass is 299 g/mol. The minimum atomic E-state index is -0.208. The summed E-state index contributed by atoms with van der Waals surface area (Å²) in [7, 11) is 2.09. The van der Waals surface area contributed by atoms with E-state index >= 15 is 0 Å². The number of hydrogen-bond acceptors (Lipinski definition) is 5. The molecular weight excluding hydrogens is 277 g/mol. The number of piperazine rings is 1. The highest BCUT2D eigenvalue weighted by atomic mass is 32.2. The Hall–Kier alpha value is -0.980. The zero-order valence-corrected chi connectivity index (χ0v) is 12.7. The van der Waals surface area contributed by atoms with Crippen molar-refractivity contribution in [3.8, 4) is 5.75 Å². The number of rotatable bonds is 6. The normalized spacial score (nSPS) is 16.4. The lowest BCUT2D eigenvalue weighted by Crippen LogP contribution is -2.44. The van der Waals surface area contributed by atoms with Crippen molar-refractivity contribution in [1.29, 1.82) is 0 Å². The Morgan fingerprint density at radius 3 is 2.70 bits per heavy atom. The average Bonchev–Trinajstić information content (AvgIpc) is 2.45. The Balaban J connectivity index is 1.92. The summed E-state index contributed by atoms with van der Waals surface area (Å²) in [5.74, 6) is 1.23. The van der Waals surface area contributed by atoms with Crippen molar-refractivity contribution < 1.29 is 9.13 Å². The predicted molar refractivity (Wildman–Crippen MR) is 82.9 cm³/mol. The van der Waals surface area contributed by atoms with Crippen molar-refractivity contribution in [2.75, 3.05) is 50.5 Å². The van der Waals surface area contributed by atoms with Crippen molar-refractivity contribution in [2.24, 2.45) is 5.14 Å². The first-order valence-electron chi connectivity index (χ1n) is 6.88. The summed E-state index contributed by atoms with van der Waals surface area (Å²) in [6.45, 7) is 4.23. The molecule has 1 aromatic rings. The lowest BCUT2D eigenvalue weighted by Gasteiger charge is -2.34. The number of likely N-dealkylation sites (N-methyl/N-ethyl adjacent to an activating group) is 1. The molecule has 0 radical (unpaired) electrons. The molecule has 1 saturated heterocycles. The van der Waals surface area contributed by atoms with E-state index in [0.717, 1.165) is 38.4 Å². The van der Waals surface area contributed by atoms with Crippen LogP contribution >= 0.6 is 11.9 Å². The summed E-state index contributed by atoms with van der Waals surface area (Å²) in [4.78, 5) is 4.34. The highest BCUT2D eigenvalue weighted by Crippen LogP contribution is 2.25. The minimum Gasteiger partial charge on any atom is -0.493 e. The molecule has 0 spiro atoms. The lowest BCUT2D eigenvalue weighted by molar-refractivity contribution is 0.310. The molecule has 0 unspecified atom stereocenters. The molecule has 2 N–H and O–H groups in total. The Bertz CT molecular complexity index is 425. The highest BCUT2D eigenvalue weighted by molar-refractivity contribution is 7.97. The number of nitrogens with two attached hydrogens (primary N) is 1. The third-order valence-corrected chi connectivity index (χ3v) is 3.96. The van der Waals surface area contributed by atoms with Gasteiger partial charge in [0.25, 0.3) is 0 Å². The maximum absolute atomic E-state index is 14.1. The molecule has 2 rings (SSSR count). The van der Waals surface area contributed by atoms with Gasteiger partial charge in [0.05, 0.1) is 12.3 Å². The molecule has 1 heterocycles. The summed E-state index contributed by atoms with van der Waals surface area (Å²) < 4.78 is 19.7. The van der Waals surface area contributed by atoms with E-state index in [1.165, 1.54) is 18.0 Å². The van der Waals surface area contributed by atoms with E-state index in [1.807, 2.05) is 12.1 Å². The quantitative estimate of drug-likeness (QED) is 0.642. The van der Waals surface area contributed by atoms with E-state index in [1.54, 1.807) is 0 Å². The van der Waals surface area contributed by atoms with Gasteiger partial charge < -0.3 is 14.5 Å². The Labute approximate surface area is 124 Å². The molecule has 0 bridgehead atoms. The van der Waals surface area contributed by atoms with E-state index in [-0.39, 0.29) is 5.82 Å². The summed E-state index contributed by atoms with van der Waals surface area (Å²) in [6.07, 6.45) is 0.864. The molecule has 1 aliphatic rings. The van der Waals surface area contributed by atoms with Gasteiger partial charge in [-0.25, -0.2) is 4.39 Å². The van der Waals surface area contributed by atoms with Crippen LogP contribution in [0.2, 0.25) is 0 Å². The number of anilines is 1. The summed E-state index contributed by atoms with van der Waals surface area (Å²) in [5, 5.41) is 5.34. The Morgan fingerprint density at radius 2 is 2.05 bits per heavy atom. The minimum absolute atomic E-state index is 0.208. The smallest absolute Gasteiger partial charge is 0.150 e. The van der Waals surface area contributed by atoms with Crippen LogP contribution in [0.5, 0.6) is 5.75 Å². The number of benzene rings is 1. The zero-order valence-electron chi connectivity index (χ0n) is 11.8. The fourth-order valence-corrected chi connectivity index (χ4v) is 2.50. The fraction of sp³-hybridized carbons (Fsp3) is 0.571. The van der Waals surface area contributed by atoms with Crippen molar-refractivity contribution in [3.63, 3.8) is 0 Å². The van der Waals surface area contributed by atoms with Crippen molar-refractivity contribution in [1.82, 2.24) is 4.90 Å². The lowest BCUT2D eigenvalue weighted by atomic mass is 10.2. The molecule has 1 aliphatic heterocycles. The van der Waals surface area contributed by atoms with Crippen LogP contribution in [-0.2, 0) is 0 Å². The number of hydrogen-bond donors (Lipinski definition) is 1. The molecule has 0 atom stereocenters. The van der Waals surface area contributed by atoms with E-state index < -0.39 is 0 Å². The number of halogens is 1. The molecule has 0 aromatic heterocycles. The molecule has 1 aromatic carbocycles. The summed E-state index contributed by atoms with van der Waals surface area (Å²) in [6, 6.07) is 5.13. The van der Waals surface area contributed by atoms with Crippen LogP contribution in [0.4, 0.5) is 10.1 Å². The Morgan fingerprint density at radius 1 is 1.30 bits per heavy atom. The topological polar surface area (TPSA) is 41.7 Å². The van der Waals surface area contributed by atoms with Gasteiger partial charge in [0.1, 0.15) is 11.6 Å². The SMILES string of the molecule is CN1CCN(c2ccc(OCCCSN)cc2F)CC1. The third-order valence-electron chi connectivity index (χ3n) is 3.44. The molecule has 4 nitrogen and oxygen atoms in total. The largest absolute Gasteiger partial charge is 0.493 e. The fourth-order valence-electron chi connectivity index (χ4n) is 2.21. The van der Waals surface area contributed by atoms with E-state index in [9.17, 15) is 4.39 Å². The maximum Gasteiger partial charge on any atom is 0.150 e. The second-order valence-corrected chi connectivity index (χ2v) is 5.72. The van der Waals surface area contributed by atoms with E-state index in [0.29, 0.717) is 18.0 Å². The van der Waals surface area contributed by atoms with Crippen LogP contribution in [0.1, 0.15) is 6.42 Å². The number of ether oxygens (including phenoxy) is 1. The summed E-state index contributed by atoms with van der Waals surface area (Å²) in [5.41, 5.74) is 0.669. The van der Waals surface area contributed by atoms with E-state index in [4.69, 9.17) is 9.88 Å². The first-order chi connectivity index (χ1) is 9.70. The van der Waals surface area contributed by atoms with Crippen molar-refractivity contribution >= 4 is 17.6 Å². The third kappa shape index (κ3) is 4.26. The standard InChI is InChI=1S/C14H22FN3OS/c1-17-5-7-18(8-6-17)14-4-3-12(11-13(14)15)19-9-2-10-20-16/h3-4,11H,2,5-10,16H2,1H3. The molecule has 0 amide bonds. The van der Waals surface area contributed by atoms with Crippen LogP contribution < -0.4 is 14.8 Å². The average molecular weight is 299 g/mol. The first kappa shape index (κ1) is 15.4. The predicted octanol–water partition coefficient (Wildman–Crippen LogP) is 1.95. The first-order valence-corrected chi connectivity index (χ1v) is 7.93. The molecule has 6 heteroatoms. The van der Waals surface area contributed by atoms with E-state index in [2.05, 4.69) is 16.8 Å². The van der Waals surface area contributed by atoms with Gasteiger partial charge in [-0.2, -0.15) is 0 Å². The molecule has 0 saturated carbocycles. The van der Waals surface area contributed by atoms with Gasteiger partial charge in [-0.3, -0.25) is 5.14 Å². The molecule has 112 valence electrons. The van der Waals surface area contributed by atoms with Crippen molar-refractivity contribution in [3.05, 3.63) is 24.0 Å². The Kier molecular flexibility index (Phi) is 5.94. The van der Waals surface area contributed by atoms with Gasteiger partial charge in [-0.05, 0) is 25.6 Å². The van der Waals surface area contributed by atoms with Crippen LogP contribution in [-0.4, -0.2) is 50.5 Å². The van der Waals surface area contributed by atoms with Gasteiger partial charge >= 0.3 is 0 Å².